The van der Waals surface area contributed by atoms with Crippen LogP contribution < -0.4 is 9.05 Å². The minimum atomic E-state index is -4.16. The van der Waals surface area contributed by atoms with Crippen LogP contribution in [-0.4, -0.2) is 0 Å². The summed E-state index contributed by atoms with van der Waals surface area (Å²) in [5.74, 6) is 0.554. The van der Waals surface area contributed by atoms with E-state index < -0.39 is 7.82 Å². The van der Waals surface area contributed by atoms with Crippen LogP contribution in [0, 0.1) is 0 Å². The highest BCUT2D eigenvalue weighted by atomic mass is 79.9. The molecule has 0 heterocycles. The summed E-state index contributed by atoms with van der Waals surface area (Å²) in [4.78, 5) is 0. The Hall–Kier alpha value is -0.600. The van der Waals surface area contributed by atoms with Gasteiger partial charge in [-0.2, -0.15) is 4.08 Å². The molecule has 0 saturated carbocycles. The van der Waals surface area contributed by atoms with Crippen molar-refractivity contribution in [2.75, 3.05) is 0 Å². The maximum absolute atomic E-state index is 13.1. The molecule has 0 atom stereocenters. The number of rotatable bonds is 5. The van der Waals surface area contributed by atoms with E-state index in [9.17, 15) is 4.57 Å². The molecule has 4 aromatic carbocycles. The van der Waals surface area contributed by atoms with Gasteiger partial charge in [-0.3, -0.25) is 0 Å². The Balaban J connectivity index is 1.69. The van der Waals surface area contributed by atoms with Gasteiger partial charge in [0.15, 0.2) is 0 Å². The van der Waals surface area contributed by atoms with Gasteiger partial charge in [-0.05, 0) is 79.0 Å². The van der Waals surface area contributed by atoms with Crippen LogP contribution in [0.3, 0.4) is 0 Å². The van der Waals surface area contributed by atoms with Crippen LogP contribution in [-0.2, 0) is 8.64 Å². The Kier molecular flexibility index (Phi) is 6.85. The Bertz CT molecular complexity index is 1230. The molecule has 0 saturated heterocycles. The highest BCUT2D eigenvalue weighted by Crippen LogP contribution is 2.52. The highest BCUT2D eigenvalue weighted by molar-refractivity contribution is 9.11. The third-order valence-corrected chi connectivity index (χ3v) is 8.34. The third kappa shape index (κ3) is 4.60. The van der Waals surface area contributed by atoms with E-state index >= 15 is 0 Å². The first-order valence-electron chi connectivity index (χ1n) is 8.35. The summed E-state index contributed by atoms with van der Waals surface area (Å²) in [5, 5.41) is 3.65. The van der Waals surface area contributed by atoms with Gasteiger partial charge in [0.25, 0.3) is 0 Å². The molecule has 4 rings (SSSR count). The molecule has 0 amide bonds. The van der Waals surface area contributed by atoms with Crippen LogP contribution in [0.4, 0.5) is 0 Å². The molecule has 4 aromatic rings. The van der Waals surface area contributed by atoms with Crippen molar-refractivity contribution in [3.8, 4) is 11.5 Å². The maximum Gasteiger partial charge on any atom is 0.604 e. The summed E-state index contributed by atoms with van der Waals surface area (Å²) in [5.41, 5.74) is 0. The molecule has 0 unspecified atom stereocenters. The predicted octanol–water partition coefficient (Wildman–Crippen LogP) is 9.78. The van der Waals surface area contributed by atoms with Crippen LogP contribution >= 0.6 is 83.4 Å². The number of phosphoric ester groups is 1. The summed E-state index contributed by atoms with van der Waals surface area (Å²) in [6, 6.07) is 18.3. The van der Waals surface area contributed by atoms with E-state index in [2.05, 4.69) is 67.8 Å². The number of benzene rings is 4. The molecular weight excluding hydrogens is 690 g/mol. The molecule has 4 nitrogen and oxygen atoms in total. The Labute approximate surface area is 211 Å². The maximum atomic E-state index is 13.1. The van der Waals surface area contributed by atoms with E-state index in [1.807, 2.05) is 36.4 Å². The van der Waals surface area contributed by atoms with E-state index in [0.717, 1.165) is 39.4 Å². The topological polar surface area (TPSA) is 44.8 Å². The van der Waals surface area contributed by atoms with Gasteiger partial charge in [-0.1, -0.05) is 56.1 Å². The van der Waals surface area contributed by atoms with Crippen molar-refractivity contribution in [3.05, 3.63) is 78.6 Å². The molecule has 0 fully saturated rings. The fourth-order valence-corrected chi connectivity index (χ4v) is 7.07. The van der Waals surface area contributed by atoms with E-state index in [4.69, 9.17) is 20.9 Å². The molecule has 154 valence electrons. The smallest absolute Gasteiger partial charge is 0.394 e. The van der Waals surface area contributed by atoms with Crippen LogP contribution in [0.2, 0.25) is 0 Å². The van der Waals surface area contributed by atoms with Crippen LogP contribution in [0.25, 0.3) is 21.5 Å². The average Bonchev–Trinajstić information content (AvgIpc) is 2.67. The van der Waals surface area contributed by atoms with Crippen molar-refractivity contribution < 1.29 is 17.7 Å². The van der Waals surface area contributed by atoms with Crippen LogP contribution in [0.15, 0.2) is 78.6 Å². The SMILES string of the molecule is O=P(OCl)(Oc1cc(Br)c2c(Br)cccc2c1)Oc1cc(Br)c2c(Br)cccc2c1. The second-order valence-corrected chi connectivity index (χ2v) is 11.4. The van der Waals surface area contributed by atoms with Gasteiger partial charge in [0.1, 0.15) is 11.5 Å². The monoisotopic (exact) mass is 696 g/mol. The van der Waals surface area contributed by atoms with Crippen molar-refractivity contribution in [2.45, 2.75) is 0 Å². The third-order valence-electron chi connectivity index (χ3n) is 4.22. The number of phosphoric acid groups is 1. The summed E-state index contributed by atoms with van der Waals surface area (Å²) < 4.78 is 32.2. The first-order chi connectivity index (χ1) is 14.3. The Morgan fingerprint density at radius 1 is 0.667 bits per heavy atom. The lowest BCUT2D eigenvalue weighted by Gasteiger charge is -2.17. The van der Waals surface area contributed by atoms with Crippen molar-refractivity contribution in [1.29, 1.82) is 0 Å². The van der Waals surface area contributed by atoms with Gasteiger partial charge in [-0.25, -0.2) is 4.57 Å². The summed E-state index contributed by atoms with van der Waals surface area (Å²) >= 11 is 19.6. The zero-order chi connectivity index (χ0) is 21.5. The highest BCUT2D eigenvalue weighted by Gasteiger charge is 2.32. The van der Waals surface area contributed by atoms with E-state index in [1.54, 1.807) is 24.3 Å². The lowest BCUT2D eigenvalue weighted by molar-refractivity contribution is 0.308. The van der Waals surface area contributed by atoms with Gasteiger partial charge in [-0.15, -0.1) is 0 Å². The largest absolute Gasteiger partial charge is 0.604 e. The van der Waals surface area contributed by atoms with Crippen molar-refractivity contribution in [1.82, 2.24) is 0 Å². The lowest BCUT2D eigenvalue weighted by Crippen LogP contribution is -2.01. The van der Waals surface area contributed by atoms with E-state index in [1.165, 1.54) is 0 Å². The molecule has 0 N–H and O–H groups in total. The van der Waals surface area contributed by atoms with Gasteiger partial charge < -0.3 is 9.05 Å². The zero-order valence-corrected chi connectivity index (χ0v) is 22.7. The fraction of sp³-hybridized carbons (Fsp3) is 0. The van der Waals surface area contributed by atoms with Gasteiger partial charge in [0.2, 0.25) is 0 Å². The van der Waals surface area contributed by atoms with Gasteiger partial charge in [0.05, 0.1) is 11.9 Å². The van der Waals surface area contributed by atoms with Crippen molar-refractivity contribution >= 4 is 105 Å². The van der Waals surface area contributed by atoms with E-state index in [-0.39, 0.29) is 11.5 Å². The number of fused-ring (bicyclic) bond motifs is 2. The second kappa shape index (κ2) is 9.10. The summed E-state index contributed by atoms with van der Waals surface area (Å²) in [6.45, 7) is 0. The molecule has 0 spiro atoms. The Morgan fingerprint density at radius 2 is 1.10 bits per heavy atom. The fourth-order valence-electron chi connectivity index (χ4n) is 3.02. The standard InChI is InChI=1S/C20H10Br4ClO4P/c21-15-5-1-3-11-7-13(9-17(23)19(11)15)27-30(26,29-25)28-14-8-12-4-2-6-16(22)20(12)18(24)10-14/h1-10H. The van der Waals surface area contributed by atoms with Crippen LogP contribution in [0.1, 0.15) is 0 Å². The molecule has 10 heteroatoms. The predicted molar refractivity (Wildman–Crippen MR) is 134 cm³/mol. The number of halogens is 5. The number of hydrogen-bond acceptors (Lipinski definition) is 4. The molecule has 0 aromatic heterocycles. The first kappa shape index (κ1) is 22.6. The van der Waals surface area contributed by atoms with Crippen LogP contribution in [0.5, 0.6) is 11.5 Å². The van der Waals surface area contributed by atoms with E-state index in [0.29, 0.717) is 0 Å². The molecule has 0 radical (unpaired) electrons. The van der Waals surface area contributed by atoms with Gasteiger partial charge >= 0.3 is 7.82 Å². The minimum Gasteiger partial charge on any atom is -0.394 e. The summed E-state index contributed by atoms with van der Waals surface area (Å²) in [6.07, 6.45) is 0. The van der Waals surface area contributed by atoms with Crippen molar-refractivity contribution in [2.24, 2.45) is 0 Å². The lowest BCUT2D eigenvalue weighted by atomic mass is 10.1. The van der Waals surface area contributed by atoms with Gasteiger partial charge in [0, 0.05) is 28.7 Å². The molecule has 0 aliphatic carbocycles. The summed E-state index contributed by atoms with van der Waals surface area (Å²) in [7, 11) is -4.16. The molecule has 0 aliphatic rings. The minimum absolute atomic E-state index is 0.277. The Morgan fingerprint density at radius 3 is 1.50 bits per heavy atom. The second-order valence-electron chi connectivity index (χ2n) is 6.18. The number of hydrogen-bond donors (Lipinski definition) is 0. The zero-order valence-electron chi connectivity index (χ0n) is 14.7. The normalized spacial score (nSPS) is 11.8. The quantitative estimate of drug-likeness (QED) is 0.195. The first-order valence-corrected chi connectivity index (χ1v) is 13.3. The molecule has 0 bridgehead atoms. The molecular formula is C20H10Br4ClO4P. The molecule has 30 heavy (non-hydrogen) atoms. The van der Waals surface area contributed by atoms with Crippen molar-refractivity contribution in [3.63, 3.8) is 0 Å². The average molecular weight is 700 g/mol. The molecule has 0 aliphatic heterocycles.